The summed E-state index contributed by atoms with van der Waals surface area (Å²) in [6, 6.07) is 18.6. The molecule has 14 nitrogen and oxygen atoms in total. The molecule has 1 saturated heterocycles. The van der Waals surface area contributed by atoms with Crippen molar-refractivity contribution in [1.29, 1.82) is 0 Å². The molecule has 0 aliphatic carbocycles. The average molecular weight is 850 g/mol. The van der Waals surface area contributed by atoms with Crippen LogP contribution >= 0.6 is 15.9 Å². The first kappa shape index (κ1) is 38.9. The zero-order chi connectivity index (χ0) is 40.7. The average Bonchev–Trinajstić information content (AvgIpc) is 4.06. The minimum atomic E-state index is -0.720. The third-order valence-electron chi connectivity index (χ3n) is 11.4. The lowest BCUT2D eigenvalue weighted by molar-refractivity contribution is -0.135. The molecule has 0 bridgehead atoms. The number of amides is 4. The van der Waals surface area contributed by atoms with Crippen molar-refractivity contribution in [2.75, 3.05) is 25.7 Å². The maximum atomic E-state index is 14.0. The summed E-state index contributed by atoms with van der Waals surface area (Å²) in [5.41, 5.74) is 8.70. The zero-order valence-corrected chi connectivity index (χ0v) is 34.3. The zero-order valence-electron chi connectivity index (χ0n) is 32.7. The van der Waals surface area contributed by atoms with Crippen LogP contribution in [0, 0.1) is 5.92 Å². The Balaban J connectivity index is 0.957. The van der Waals surface area contributed by atoms with Crippen molar-refractivity contribution in [3.05, 3.63) is 100 Å². The van der Waals surface area contributed by atoms with Gasteiger partial charge in [-0.25, -0.2) is 19.6 Å². The lowest BCUT2D eigenvalue weighted by Gasteiger charge is -2.30. The number of halogens is 1. The number of nitrogens with one attached hydrogen (secondary N) is 4. The Hall–Kier alpha value is -5.96. The Bertz CT molecular complexity index is 2360. The molecule has 4 atom stereocenters. The molecule has 2 aromatic heterocycles. The van der Waals surface area contributed by atoms with E-state index < -0.39 is 24.3 Å². The van der Waals surface area contributed by atoms with Gasteiger partial charge in [0.15, 0.2) is 0 Å². The van der Waals surface area contributed by atoms with E-state index in [1.807, 2.05) is 44.2 Å². The van der Waals surface area contributed by atoms with Crippen molar-refractivity contribution in [3.8, 4) is 33.6 Å². The maximum Gasteiger partial charge on any atom is 0.407 e. The number of anilines is 1. The molecule has 0 unspecified atom stereocenters. The summed E-state index contributed by atoms with van der Waals surface area (Å²) < 4.78 is 10.5. The third-order valence-corrected chi connectivity index (χ3v) is 11.8. The molecule has 8 rings (SSSR count). The number of likely N-dealkylation sites (tertiary alicyclic amines) is 1. The molecule has 15 heteroatoms. The van der Waals surface area contributed by atoms with E-state index in [0.29, 0.717) is 31.6 Å². The molecular formula is C43H45BrN8O6. The second kappa shape index (κ2) is 16.1. The largest absolute Gasteiger partial charge is 0.453 e. The highest BCUT2D eigenvalue weighted by molar-refractivity contribution is 9.10. The van der Waals surface area contributed by atoms with E-state index in [1.54, 1.807) is 22.2 Å². The van der Waals surface area contributed by atoms with Gasteiger partial charge in [-0.1, -0.05) is 78.3 Å². The molecule has 58 heavy (non-hydrogen) atoms. The van der Waals surface area contributed by atoms with Gasteiger partial charge in [0.05, 0.1) is 55.8 Å². The normalized spacial score (nSPS) is 19.1. The fourth-order valence-electron chi connectivity index (χ4n) is 8.42. The standard InChI is InChI=1S/C43H45BrN8O6/c1-23(2)36(50-43(56)58-4)41(54)51-17-5-6-34(51)38-45-21-32(47-38)26-11-7-24(8-12-26)25-9-13-27(14-10-25)33-22-46-39(48-33)35-20-29-19-30(44)18-28-15-16-31(49-42(55)57-3)40(53)52(35)37(28)29/h7-14,18-19,21-23,31,34-36H,5-6,15-17,20H2,1-4H3,(H,45,47)(H,46,48)(H,49,55)(H,50,56)/t31-,34+,35-,36+/m0/s1. The fraction of sp³-hybridized carbons (Fsp3) is 0.349. The van der Waals surface area contributed by atoms with Gasteiger partial charge in [0.1, 0.15) is 23.7 Å². The van der Waals surface area contributed by atoms with E-state index in [2.05, 4.69) is 71.8 Å². The molecule has 1 fully saturated rings. The first-order chi connectivity index (χ1) is 28.0. The molecule has 0 saturated carbocycles. The van der Waals surface area contributed by atoms with Crippen molar-refractivity contribution in [3.63, 3.8) is 0 Å². The van der Waals surface area contributed by atoms with Gasteiger partial charge in [-0.2, -0.15) is 0 Å². The first-order valence-electron chi connectivity index (χ1n) is 19.5. The summed E-state index contributed by atoms with van der Waals surface area (Å²) >= 11 is 3.64. The molecule has 3 aliphatic rings. The number of ether oxygens (including phenoxy) is 2. The Labute approximate surface area is 344 Å². The number of H-pyrrole nitrogens is 2. The van der Waals surface area contributed by atoms with Crippen LogP contribution in [-0.2, 0) is 31.9 Å². The summed E-state index contributed by atoms with van der Waals surface area (Å²) in [5, 5.41) is 5.43. The Morgan fingerprint density at radius 3 is 1.97 bits per heavy atom. The number of aromatic nitrogens is 4. The topological polar surface area (TPSA) is 175 Å². The molecular weight excluding hydrogens is 804 g/mol. The number of benzene rings is 3. The number of carbonyl (C=O) groups excluding carboxylic acids is 4. The van der Waals surface area contributed by atoms with Crippen molar-refractivity contribution >= 4 is 45.6 Å². The monoisotopic (exact) mass is 848 g/mol. The minimum Gasteiger partial charge on any atom is -0.453 e. The maximum absolute atomic E-state index is 14.0. The van der Waals surface area contributed by atoms with Gasteiger partial charge in [0, 0.05) is 17.4 Å². The van der Waals surface area contributed by atoms with Crippen LogP contribution < -0.4 is 15.5 Å². The van der Waals surface area contributed by atoms with Crippen LogP contribution in [0.3, 0.4) is 0 Å². The molecule has 4 N–H and O–H groups in total. The highest BCUT2D eigenvalue weighted by Crippen LogP contribution is 2.46. The first-order valence-corrected chi connectivity index (χ1v) is 20.3. The van der Waals surface area contributed by atoms with E-state index in [1.165, 1.54) is 14.2 Å². The number of hydrogen-bond donors (Lipinski definition) is 4. The quantitative estimate of drug-likeness (QED) is 0.120. The summed E-state index contributed by atoms with van der Waals surface area (Å²) in [7, 11) is 2.58. The van der Waals surface area contributed by atoms with Crippen LogP contribution in [0.4, 0.5) is 15.3 Å². The molecule has 0 radical (unpaired) electrons. The van der Waals surface area contributed by atoms with Crippen LogP contribution in [-0.4, -0.2) is 81.7 Å². The number of methoxy groups -OCH3 is 2. The molecule has 3 aromatic carbocycles. The van der Waals surface area contributed by atoms with Crippen LogP contribution in [0.25, 0.3) is 33.6 Å². The van der Waals surface area contributed by atoms with E-state index in [-0.39, 0.29) is 29.8 Å². The van der Waals surface area contributed by atoms with E-state index in [9.17, 15) is 19.2 Å². The predicted molar refractivity (Wildman–Crippen MR) is 221 cm³/mol. The predicted octanol–water partition coefficient (Wildman–Crippen LogP) is 7.24. The van der Waals surface area contributed by atoms with Gasteiger partial charge >= 0.3 is 12.2 Å². The van der Waals surface area contributed by atoms with Gasteiger partial charge in [0.2, 0.25) is 11.8 Å². The minimum absolute atomic E-state index is 0.109. The number of alkyl carbamates (subject to hydrolysis) is 2. The number of aryl methyl sites for hydroxylation is 1. The Morgan fingerprint density at radius 1 is 0.810 bits per heavy atom. The van der Waals surface area contributed by atoms with Gasteiger partial charge in [-0.05, 0) is 77.1 Å². The second-order valence-electron chi connectivity index (χ2n) is 15.3. The second-order valence-corrected chi connectivity index (χ2v) is 16.2. The molecule has 3 aliphatic heterocycles. The Kier molecular flexibility index (Phi) is 10.8. The van der Waals surface area contributed by atoms with Gasteiger partial charge in [-0.15, -0.1) is 0 Å². The smallest absolute Gasteiger partial charge is 0.407 e. The SMILES string of the molecule is COC(=O)N[C@H]1CCc2cc(Br)cc3c2N(C1=O)[C@H](c1ncc(-c2ccc(-c4ccc(-c5cnc([C@H]6CCCN6C(=O)[C@H](NC(=O)OC)C(C)C)[nH]5)cc4)cc2)[nH]1)C3. The fourth-order valence-corrected chi connectivity index (χ4v) is 8.97. The van der Waals surface area contributed by atoms with Crippen LogP contribution in [0.2, 0.25) is 0 Å². The van der Waals surface area contributed by atoms with Crippen molar-refractivity contribution in [1.82, 2.24) is 35.5 Å². The Morgan fingerprint density at radius 2 is 1.38 bits per heavy atom. The summed E-state index contributed by atoms with van der Waals surface area (Å²) in [4.78, 5) is 71.6. The molecule has 5 aromatic rings. The van der Waals surface area contributed by atoms with Crippen molar-refractivity contribution in [2.45, 2.75) is 70.1 Å². The molecule has 0 spiro atoms. The highest BCUT2D eigenvalue weighted by Gasteiger charge is 2.43. The number of carbonyl (C=O) groups is 4. The van der Waals surface area contributed by atoms with Crippen LogP contribution in [0.15, 0.2) is 77.5 Å². The van der Waals surface area contributed by atoms with Crippen LogP contribution in [0.1, 0.15) is 68.0 Å². The van der Waals surface area contributed by atoms with E-state index in [0.717, 1.165) is 73.6 Å². The van der Waals surface area contributed by atoms with Crippen LogP contribution in [0.5, 0.6) is 0 Å². The lowest BCUT2D eigenvalue weighted by atomic mass is 10.0. The van der Waals surface area contributed by atoms with Gasteiger partial charge < -0.3 is 35.0 Å². The molecule has 4 amide bonds. The molecule has 300 valence electrons. The number of nitrogens with zero attached hydrogens (tertiary/aromatic N) is 4. The van der Waals surface area contributed by atoms with Crippen molar-refractivity contribution in [2.24, 2.45) is 5.92 Å². The number of imidazole rings is 2. The highest BCUT2D eigenvalue weighted by atomic mass is 79.9. The molecule has 5 heterocycles. The third kappa shape index (κ3) is 7.46. The van der Waals surface area contributed by atoms with E-state index in [4.69, 9.17) is 14.5 Å². The number of aromatic amines is 2. The van der Waals surface area contributed by atoms with Gasteiger partial charge in [0.25, 0.3) is 0 Å². The van der Waals surface area contributed by atoms with Crippen molar-refractivity contribution < 1.29 is 28.7 Å². The lowest BCUT2D eigenvalue weighted by Crippen LogP contribution is -2.51. The summed E-state index contributed by atoms with van der Waals surface area (Å²) in [6.07, 6.45) is 5.64. The number of hydrogen-bond acceptors (Lipinski definition) is 8. The summed E-state index contributed by atoms with van der Waals surface area (Å²) in [5.74, 6) is 0.951. The summed E-state index contributed by atoms with van der Waals surface area (Å²) in [6.45, 7) is 4.39. The van der Waals surface area contributed by atoms with E-state index >= 15 is 0 Å². The number of rotatable bonds is 9. The van der Waals surface area contributed by atoms with Gasteiger partial charge in [-0.3, -0.25) is 14.5 Å².